The van der Waals surface area contributed by atoms with Crippen LogP contribution in [0.4, 0.5) is 0 Å². The van der Waals surface area contributed by atoms with Gasteiger partial charge in [0, 0.05) is 6.54 Å². The highest BCUT2D eigenvalue weighted by Gasteiger charge is 2.17. The second-order valence-corrected chi connectivity index (χ2v) is 1.79. The Hall–Kier alpha value is -1.12. The van der Waals surface area contributed by atoms with Gasteiger partial charge < -0.3 is 4.84 Å². The predicted octanol–water partition coefficient (Wildman–Crippen LogP) is 0.785. The molecular formula is C6H10N2O. The van der Waals surface area contributed by atoms with Crippen molar-refractivity contribution in [3.63, 3.8) is 0 Å². The van der Waals surface area contributed by atoms with Gasteiger partial charge in [-0.2, -0.15) is 0 Å². The van der Waals surface area contributed by atoms with Crippen molar-refractivity contribution in [2.24, 2.45) is 0 Å². The van der Waals surface area contributed by atoms with E-state index in [0.29, 0.717) is 5.88 Å². The van der Waals surface area contributed by atoms with Crippen LogP contribution < -0.4 is 5.48 Å². The number of hydrogen-bond acceptors (Lipinski definition) is 3. The minimum Gasteiger partial charge on any atom is -0.363 e. The van der Waals surface area contributed by atoms with Gasteiger partial charge in [0.2, 0.25) is 5.88 Å². The van der Waals surface area contributed by atoms with Crippen molar-refractivity contribution >= 4 is 0 Å². The lowest BCUT2D eigenvalue weighted by molar-refractivity contribution is 0.157. The van der Waals surface area contributed by atoms with Gasteiger partial charge in [-0.05, 0) is 13.5 Å². The van der Waals surface area contributed by atoms with E-state index < -0.39 is 0 Å². The van der Waals surface area contributed by atoms with Gasteiger partial charge in [-0.3, -0.25) is 4.90 Å². The van der Waals surface area contributed by atoms with E-state index in [2.05, 4.69) is 18.6 Å². The zero-order chi connectivity index (χ0) is 6.85. The van der Waals surface area contributed by atoms with Gasteiger partial charge in [0.15, 0.2) is 0 Å². The fraction of sp³-hybridized carbons (Fsp3) is 0.333. The fourth-order valence-corrected chi connectivity index (χ4v) is 0.746. The van der Waals surface area contributed by atoms with Crippen LogP contribution in [-0.4, -0.2) is 11.4 Å². The monoisotopic (exact) mass is 126 g/mol. The summed E-state index contributed by atoms with van der Waals surface area (Å²) in [5.41, 5.74) is 2.60. The van der Waals surface area contributed by atoms with E-state index in [9.17, 15) is 0 Å². The largest absolute Gasteiger partial charge is 0.363 e. The van der Waals surface area contributed by atoms with Gasteiger partial charge in [0.25, 0.3) is 0 Å². The lowest BCUT2D eigenvalue weighted by Gasteiger charge is -2.10. The number of nitrogens with one attached hydrogen (secondary N) is 1. The highest BCUT2D eigenvalue weighted by atomic mass is 16.7. The van der Waals surface area contributed by atoms with Crippen LogP contribution in [0.3, 0.4) is 0 Å². The maximum absolute atomic E-state index is 4.85. The molecule has 50 valence electrons. The number of hydroxylamine groups is 1. The van der Waals surface area contributed by atoms with E-state index in [0.717, 1.165) is 12.4 Å². The molecule has 0 aliphatic carbocycles. The maximum Gasteiger partial charge on any atom is 0.220 e. The topological polar surface area (TPSA) is 24.5 Å². The summed E-state index contributed by atoms with van der Waals surface area (Å²) >= 11 is 0. The molecule has 0 aromatic heterocycles. The molecule has 0 amide bonds. The molecule has 1 aliphatic heterocycles. The number of nitrogens with zero attached hydrogens (tertiary/aromatic N) is 1. The van der Waals surface area contributed by atoms with Crippen molar-refractivity contribution in [3.8, 4) is 0 Å². The maximum atomic E-state index is 4.85. The van der Waals surface area contributed by atoms with E-state index in [4.69, 9.17) is 4.84 Å². The first-order valence-corrected chi connectivity index (χ1v) is 2.84. The molecule has 1 saturated heterocycles. The summed E-state index contributed by atoms with van der Waals surface area (Å²) in [6.07, 6.45) is 0. The Balaban J connectivity index is 2.66. The highest BCUT2D eigenvalue weighted by molar-refractivity contribution is 5.03. The van der Waals surface area contributed by atoms with Crippen molar-refractivity contribution in [3.05, 3.63) is 24.9 Å². The van der Waals surface area contributed by atoms with E-state index in [-0.39, 0.29) is 0 Å². The fourth-order valence-electron chi connectivity index (χ4n) is 0.746. The summed E-state index contributed by atoms with van der Waals surface area (Å²) in [6.45, 7) is 10.2. The third-order valence-electron chi connectivity index (χ3n) is 1.23. The first kappa shape index (κ1) is 6.01. The summed E-state index contributed by atoms with van der Waals surface area (Å²) in [4.78, 5) is 6.70. The molecule has 9 heavy (non-hydrogen) atoms. The van der Waals surface area contributed by atoms with Crippen LogP contribution in [-0.2, 0) is 4.84 Å². The van der Waals surface area contributed by atoms with Crippen LogP contribution in [0, 0.1) is 0 Å². The SMILES string of the molecule is C=C1NOC(=C)N1CC. The quantitative estimate of drug-likeness (QED) is 0.562. The van der Waals surface area contributed by atoms with Gasteiger partial charge in [0.1, 0.15) is 5.82 Å². The van der Waals surface area contributed by atoms with Crippen LogP contribution in [0.1, 0.15) is 6.92 Å². The summed E-state index contributed by atoms with van der Waals surface area (Å²) in [6, 6.07) is 0. The molecule has 0 radical (unpaired) electrons. The molecule has 0 bridgehead atoms. The molecule has 0 spiro atoms. The molecule has 3 nitrogen and oxygen atoms in total. The standard InChI is InChI=1S/C6H10N2O/c1-4-8-5(2)7-9-6(8)3/h7H,2-4H2,1H3. The molecule has 1 fully saturated rings. The average molecular weight is 126 g/mol. The van der Waals surface area contributed by atoms with E-state index >= 15 is 0 Å². The Morgan fingerprint density at radius 1 is 1.67 bits per heavy atom. The second-order valence-electron chi connectivity index (χ2n) is 1.79. The molecule has 0 atom stereocenters. The molecule has 0 saturated carbocycles. The van der Waals surface area contributed by atoms with Crippen molar-refractivity contribution in [2.75, 3.05) is 6.54 Å². The first-order chi connectivity index (χ1) is 4.25. The van der Waals surface area contributed by atoms with E-state index in [1.165, 1.54) is 0 Å². The Morgan fingerprint density at radius 2 is 2.33 bits per heavy atom. The summed E-state index contributed by atoms with van der Waals surface area (Å²) in [5.74, 6) is 1.37. The highest BCUT2D eigenvalue weighted by Crippen LogP contribution is 2.14. The molecule has 3 heteroatoms. The Labute approximate surface area is 54.6 Å². The lowest BCUT2D eigenvalue weighted by atomic mass is 10.6. The minimum absolute atomic E-state index is 0.613. The van der Waals surface area contributed by atoms with Gasteiger partial charge in [0.05, 0.1) is 0 Å². The molecule has 0 aromatic carbocycles. The Morgan fingerprint density at radius 3 is 2.56 bits per heavy atom. The van der Waals surface area contributed by atoms with Crippen LogP contribution in [0.5, 0.6) is 0 Å². The smallest absolute Gasteiger partial charge is 0.220 e. The van der Waals surface area contributed by atoms with Gasteiger partial charge >= 0.3 is 0 Å². The zero-order valence-corrected chi connectivity index (χ0v) is 5.48. The summed E-state index contributed by atoms with van der Waals surface area (Å²) < 4.78 is 0. The Bertz CT molecular complexity index is 137. The van der Waals surface area contributed by atoms with Gasteiger partial charge in [-0.25, -0.2) is 5.48 Å². The molecular weight excluding hydrogens is 116 g/mol. The predicted molar refractivity (Wildman–Crippen MR) is 34.9 cm³/mol. The molecule has 1 heterocycles. The minimum atomic E-state index is 0.613. The normalized spacial score (nSPS) is 17.7. The van der Waals surface area contributed by atoms with E-state index in [1.807, 2.05) is 11.8 Å². The van der Waals surface area contributed by atoms with Crippen LogP contribution in [0.25, 0.3) is 0 Å². The lowest BCUT2D eigenvalue weighted by Crippen LogP contribution is -2.16. The molecule has 1 N–H and O–H groups in total. The van der Waals surface area contributed by atoms with Crippen molar-refractivity contribution < 1.29 is 4.84 Å². The first-order valence-electron chi connectivity index (χ1n) is 2.84. The molecule has 0 aromatic rings. The van der Waals surface area contributed by atoms with Crippen molar-refractivity contribution in [2.45, 2.75) is 6.92 Å². The number of hydrogen-bond donors (Lipinski definition) is 1. The van der Waals surface area contributed by atoms with Crippen molar-refractivity contribution in [1.82, 2.24) is 10.4 Å². The molecule has 1 rings (SSSR count). The zero-order valence-electron chi connectivity index (χ0n) is 5.48. The van der Waals surface area contributed by atoms with Crippen LogP contribution in [0.2, 0.25) is 0 Å². The van der Waals surface area contributed by atoms with Crippen LogP contribution >= 0.6 is 0 Å². The molecule has 0 unspecified atom stereocenters. The average Bonchev–Trinajstić information content (AvgIpc) is 2.12. The third kappa shape index (κ3) is 0.850. The summed E-state index contributed by atoms with van der Waals surface area (Å²) in [7, 11) is 0. The van der Waals surface area contributed by atoms with Crippen LogP contribution in [0.15, 0.2) is 24.9 Å². The third-order valence-corrected chi connectivity index (χ3v) is 1.23. The Kier molecular flexibility index (Phi) is 1.34. The second kappa shape index (κ2) is 2.01. The summed E-state index contributed by atoms with van der Waals surface area (Å²) in [5, 5.41) is 0. The van der Waals surface area contributed by atoms with Gasteiger partial charge in [-0.1, -0.05) is 6.58 Å². The van der Waals surface area contributed by atoms with E-state index in [1.54, 1.807) is 0 Å². The van der Waals surface area contributed by atoms with Crippen molar-refractivity contribution in [1.29, 1.82) is 0 Å². The molecule has 1 aliphatic rings. The number of rotatable bonds is 1. The van der Waals surface area contributed by atoms with Gasteiger partial charge in [-0.15, -0.1) is 0 Å².